The van der Waals surface area contributed by atoms with Crippen LogP contribution < -0.4 is 36.1 Å². The summed E-state index contributed by atoms with van der Waals surface area (Å²) in [7, 11) is 0. The quantitative estimate of drug-likeness (QED) is 0.0573. The standard InChI is InChI=1S/C66H77N11O8/c1-42-19-23-44(24-20-42)76-57(39-55(72-76)64(3,4)5)69-62(80)67-50-27-29-52(48-17-13-11-15-46(48)50)82-35-31-74-32-36-84-54(41-74)60(78)71-61(79)59-66(9,10)75(34-38-85-59)33-37-83-53-30-28-51(47-16-12-14-18-49(47)53)68-63(81)70-58-40-56(65(6,7)8)73-77(58)45-25-21-43(2)22-26-45/h11-30,39-40,54,59H,31-38,41H2,1-10H3,(H2,67,69,80)(H2,68,70,81)(H,71,78,79). The molecule has 6 amide bonds. The Hall–Kier alpha value is -8.62. The van der Waals surface area contributed by atoms with Gasteiger partial charge in [-0.1, -0.05) is 125 Å². The van der Waals surface area contributed by atoms with E-state index < -0.39 is 41.6 Å². The number of anilines is 4. The third-order valence-electron chi connectivity index (χ3n) is 15.6. The van der Waals surface area contributed by atoms with Crippen molar-refractivity contribution in [2.45, 2.75) is 97.8 Å². The van der Waals surface area contributed by atoms with E-state index in [1.54, 1.807) is 9.36 Å². The molecular weight excluding hydrogens is 1070 g/mol. The molecule has 2 saturated heterocycles. The van der Waals surface area contributed by atoms with Gasteiger partial charge in [-0.3, -0.25) is 35.3 Å². The molecule has 85 heavy (non-hydrogen) atoms. The number of imide groups is 1. The Bertz CT molecular complexity index is 3730. The zero-order valence-electron chi connectivity index (χ0n) is 50.2. The zero-order valence-corrected chi connectivity index (χ0v) is 50.2. The summed E-state index contributed by atoms with van der Waals surface area (Å²) in [6.07, 6.45) is -1.84. The van der Waals surface area contributed by atoms with E-state index in [-0.39, 0.29) is 24.0 Å². The van der Waals surface area contributed by atoms with Crippen LogP contribution in [-0.4, -0.2) is 130 Å². The second-order valence-electron chi connectivity index (χ2n) is 24.4. The van der Waals surface area contributed by atoms with Crippen LogP contribution in [0.25, 0.3) is 32.9 Å². The molecule has 0 spiro atoms. The molecule has 2 aromatic heterocycles. The van der Waals surface area contributed by atoms with Gasteiger partial charge >= 0.3 is 12.1 Å². The molecule has 5 N–H and O–H groups in total. The number of hydrogen-bond donors (Lipinski definition) is 5. The molecular formula is C66H77N11O8. The number of aromatic nitrogens is 4. The molecule has 0 aliphatic carbocycles. The van der Waals surface area contributed by atoms with Gasteiger partial charge in [-0.15, -0.1) is 0 Å². The molecule has 2 aliphatic rings. The Kier molecular flexibility index (Phi) is 17.4. The fraction of sp³-hybridized carbons (Fsp3) is 0.364. The average Bonchev–Trinajstić information content (AvgIpc) is 3.00. The highest BCUT2D eigenvalue weighted by atomic mass is 16.5. The minimum Gasteiger partial charge on any atom is -0.492 e. The average molecular weight is 1150 g/mol. The van der Waals surface area contributed by atoms with Gasteiger partial charge in [-0.2, -0.15) is 10.2 Å². The fourth-order valence-corrected chi connectivity index (χ4v) is 10.6. The molecule has 8 aromatic rings. The molecule has 0 saturated carbocycles. The van der Waals surface area contributed by atoms with Crippen molar-refractivity contribution in [2.24, 2.45) is 0 Å². The summed E-state index contributed by atoms with van der Waals surface area (Å²) >= 11 is 0. The Morgan fingerprint density at radius 2 is 1.02 bits per heavy atom. The Balaban J connectivity index is 0.703. The SMILES string of the molecule is Cc1ccc(-n2nc(C(C)(C)C)cc2NC(=O)Nc2ccc(OCCN3CCOC(C(=O)NC(=O)C4OCCN(CCOc5ccc(NC(=O)Nc6cc(C(C)(C)C)nn6-c6ccc(C)cc6)c6ccccc56)C4(C)C)C3)c3ccccc23)cc1. The number of benzene rings is 6. The lowest BCUT2D eigenvalue weighted by Gasteiger charge is -2.46. The fourth-order valence-electron chi connectivity index (χ4n) is 10.6. The van der Waals surface area contributed by atoms with E-state index in [0.29, 0.717) is 80.5 Å². The van der Waals surface area contributed by atoms with Gasteiger partial charge < -0.3 is 29.6 Å². The van der Waals surface area contributed by atoms with Gasteiger partial charge in [0.05, 0.1) is 52.9 Å². The first kappa shape index (κ1) is 59.5. The molecule has 2 unspecified atom stereocenters. The van der Waals surface area contributed by atoms with Gasteiger partial charge in [0.1, 0.15) is 42.5 Å². The minimum atomic E-state index is -0.952. The molecule has 6 aromatic carbocycles. The smallest absolute Gasteiger partial charge is 0.324 e. The number of hydrogen-bond acceptors (Lipinski definition) is 12. The second kappa shape index (κ2) is 24.9. The van der Waals surface area contributed by atoms with Gasteiger partial charge in [0.25, 0.3) is 11.8 Å². The zero-order chi connectivity index (χ0) is 60.2. The first-order valence-corrected chi connectivity index (χ1v) is 28.9. The van der Waals surface area contributed by atoms with Crippen molar-refractivity contribution in [2.75, 3.05) is 80.4 Å². The summed E-state index contributed by atoms with van der Waals surface area (Å²) in [5.74, 6) is 1.30. The maximum Gasteiger partial charge on any atom is 0.324 e. The normalized spacial score (nSPS) is 16.6. The van der Waals surface area contributed by atoms with Gasteiger partial charge in [0.2, 0.25) is 0 Å². The number of carbonyl (C=O) groups excluding carboxylic acids is 4. The molecule has 0 bridgehead atoms. The number of morpholine rings is 2. The minimum absolute atomic E-state index is 0.242. The molecule has 2 aliphatic heterocycles. The van der Waals surface area contributed by atoms with Crippen LogP contribution in [0.5, 0.6) is 11.5 Å². The lowest BCUT2D eigenvalue weighted by molar-refractivity contribution is -0.161. The highest BCUT2D eigenvalue weighted by molar-refractivity contribution is 6.08. The highest BCUT2D eigenvalue weighted by Crippen LogP contribution is 2.35. The number of carbonyl (C=O) groups is 4. The number of ether oxygens (including phenoxy) is 4. The number of nitrogens with zero attached hydrogens (tertiary/aromatic N) is 6. The van der Waals surface area contributed by atoms with Crippen LogP contribution >= 0.6 is 0 Å². The number of nitrogens with one attached hydrogen (secondary N) is 5. The summed E-state index contributed by atoms with van der Waals surface area (Å²) in [6, 6.07) is 41.7. The predicted octanol–water partition coefficient (Wildman–Crippen LogP) is 11.1. The maximum atomic E-state index is 13.9. The maximum absolute atomic E-state index is 13.9. The predicted molar refractivity (Wildman–Crippen MR) is 333 cm³/mol. The van der Waals surface area contributed by atoms with E-state index in [0.717, 1.165) is 55.4 Å². The Labute approximate surface area is 496 Å². The number of rotatable bonds is 16. The lowest BCUT2D eigenvalue weighted by atomic mass is 9.92. The van der Waals surface area contributed by atoms with E-state index in [2.05, 4.69) is 77.9 Å². The molecule has 10 rings (SSSR count). The van der Waals surface area contributed by atoms with Crippen LogP contribution in [0, 0.1) is 13.8 Å². The van der Waals surface area contributed by atoms with E-state index in [4.69, 9.17) is 29.1 Å². The monoisotopic (exact) mass is 1150 g/mol. The number of aryl methyl sites for hydroxylation is 2. The van der Waals surface area contributed by atoms with Crippen LogP contribution in [0.4, 0.5) is 32.6 Å². The van der Waals surface area contributed by atoms with Gasteiger partial charge in [0.15, 0.2) is 6.10 Å². The molecule has 19 heteroatoms. The first-order valence-electron chi connectivity index (χ1n) is 28.9. The number of amides is 6. The molecule has 444 valence electrons. The van der Waals surface area contributed by atoms with Gasteiger partial charge in [0, 0.05) is 77.2 Å². The van der Waals surface area contributed by atoms with E-state index in [1.807, 2.05) is 161 Å². The molecule has 19 nitrogen and oxygen atoms in total. The van der Waals surface area contributed by atoms with Crippen LogP contribution in [0.15, 0.2) is 133 Å². The largest absolute Gasteiger partial charge is 0.492 e. The van der Waals surface area contributed by atoms with Crippen molar-refractivity contribution in [1.29, 1.82) is 0 Å². The summed E-state index contributed by atoms with van der Waals surface area (Å²) in [5.41, 5.74) is 5.52. The summed E-state index contributed by atoms with van der Waals surface area (Å²) in [5, 5.41) is 27.7. The molecule has 2 fully saturated rings. The molecule has 4 heterocycles. The van der Waals surface area contributed by atoms with Crippen LogP contribution in [0.3, 0.4) is 0 Å². The van der Waals surface area contributed by atoms with Crippen molar-refractivity contribution in [1.82, 2.24) is 34.7 Å². The van der Waals surface area contributed by atoms with Gasteiger partial charge in [-0.05, 0) is 76.2 Å². The Morgan fingerprint density at radius 3 is 1.51 bits per heavy atom. The van der Waals surface area contributed by atoms with Crippen LogP contribution in [0.2, 0.25) is 0 Å². The third-order valence-corrected chi connectivity index (χ3v) is 15.6. The number of urea groups is 2. The summed E-state index contributed by atoms with van der Waals surface area (Å²) in [6.45, 7) is 23.9. The van der Waals surface area contributed by atoms with Gasteiger partial charge in [-0.25, -0.2) is 19.0 Å². The third kappa shape index (κ3) is 13.8. The molecule has 0 radical (unpaired) electrons. The topological polar surface area (TPSA) is 207 Å². The van der Waals surface area contributed by atoms with Crippen LogP contribution in [0.1, 0.15) is 77.9 Å². The Morgan fingerprint density at radius 1 is 0.565 bits per heavy atom. The van der Waals surface area contributed by atoms with Crippen molar-refractivity contribution in [3.8, 4) is 22.9 Å². The van der Waals surface area contributed by atoms with Crippen molar-refractivity contribution in [3.05, 3.63) is 156 Å². The number of fused-ring (bicyclic) bond motifs is 2. The lowest BCUT2D eigenvalue weighted by Crippen LogP contribution is -2.65. The first-order chi connectivity index (χ1) is 40.6. The second-order valence-corrected chi connectivity index (χ2v) is 24.4. The van der Waals surface area contributed by atoms with Crippen molar-refractivity contribution in [3.63, 3.8) is 0 Å². The summed E-state index contributed by atoms with van der Waals surface area (Å²) in [4.78, 5) is 59.2. The molecule has 2 atom stereocenters. The highest BCUT2D eigenvalue weighted by Gasteiger charge is 2.45. The van der Waals surface area contributed by atoms with E-state index in [9.17, 15) is 19.2 Å². The summed E-state index contributed by atoms with van der Waals surface area (Å²) < 4.78 is 28.3. The van der Waals surface area contributed by atoms with Crippen LogP contribution in [-0.2, 0) is 29.9 Å². The van der Waals surface area contributed by atoms with Crippen molar-refractivity contribution >= 4 is 68.4 Å². The van der Waals surface area contributed by atoms with E-state index >= 15 is 0 Å². The van der Waals surface area contributed by atoms with Crippen molar-refractivity contribution < 1.29 is 38.1 Å². The van der Waals surface area contributed by atoms with E-state index in [1.165, 1.54) is 0 Å².